The zero-order valence-electron chi connectivity index (χ0n) is 16.9. The summed E-state index contributed by atoms with van der Waals surface area (Å²) in [5, 5.41) is 6.44. The van der Waals surface area contributed by atoms with Crippen LogP contribution in [0.3, 0.4) is 0 Å². The maximum absolute atomic E-state index is 12.8. The number of hydrogen-bond acceptors (Lipinski definition) is 3. The van der Waals surface area contributed by atoms with Crippen LogP contribution in [0.5, 0.6) is 0 Å². The van der Waals surface area contributed by atoms with Crippen LogP contribution < -0.4 is 10.6 Å². The zero-order valence-corrected chi connectivity index (χ0v) is 19.2. The molecule has 31 heavy (non-hydrogen) atoms. The van der Waals surface area contributed by atoms with Crippen molar-refractivity contribution in [3.63, 3.8) is 0 Å². The van der Waals surface area contributed by atoms with E-state index in [0.717, 1.165) is 5.56 Å². The van der Waals surface area contributed by atoms with Gasteiger partial charge in [0, 0.05) is 18.7 Å². The Bertz CT molecular complexity index is 1010. The fraction of sp³-hybridized carbons (Fsp3) is 0.318. The highest BCUT2D eigenvalue weighted by Crippen LogP contribution is 2.25. The second-order valence-corrected chi connectivity index (χ2v) is 8.69. The molecule has 0 aliphatic carbocycles. The Morgan fingerprint density at radius 3 is 2.52 bits per heavy atom. The average Bonchev–Trinajstić information content (AvgIpc) is 2.75. The number of piperidine rings is 1. The summed E-state index contributed by atoms with van der Waals surface area (Å²) in [6.07, 6.45) is 1.33. The first-order valence-corrected chi connectivity index (χ1v) is 11.0. The molecule has 6 nitrogen and oxygen atoms in total. The van der Waals surface area contributed by atoms with Gasteiger partial charge in [0.15, 0.2) is 0 Å². The molecule has 1 unspecified atom stereocenters. The van der Waals surface area contributed by atoms with Crippen molar-refractivity contribution in [2.24, 2.45) is 5.92 Å². The van der Waals surface area contributed by atoms with Gasteiger partial charge in [0.05, 0.1) is 33.2 Å². The summed E-state index contributed by atoms with van der Waals surface area (Å²) < 4.78 is 0. The fourth-order valence-electron chi connectivity index (χ4n) is 3.41. The second kappa shape index (κ2) is 10.4. The number of nitrogens with one attached hydrogen (secondary N) is 2. The molecule has 3 rings (SSSR count). The van der Waals surface area contributed by atoms with E-state index in [9.17, 15) is 14.4 Å². The number of carbonyl (C=O) groups is 3. The van der Waals surface area contributed by atoms with E-state index in [1.54, 1.807) is 29.2 Å². The van der Waals surface area contributed by atoms with Crippen molar-refractivity contribution in [3.05, 3.63) is 62.6 Å². The molecule has 1 atom stereocenters. The van der Waals surface area contributed by atoms with Crippen LogP contribution in [0.4, 0.5) is 5.69 Å². The Morgan fingerprint density at radius 2 is 1.81 bits per heavy atom. The fourth-order valence-corrected chi connectivity index (χ4v) is 4.00. The van der Waals surface area contributed by atoms with E-state index in [1.165, 1.54) is 6.07 Å². The second-order valence-electron chi connectivity index (χ2n) is 7.47. The van der Waals surface area contributed by atoms with Crippen molar-refractivity contribution in [2.75, 3.05) is 25.0 Å². The molecule has 2 N–H and O–H groups in total. The minimum atomic E-state index is -0.392. The van der Waals surface area contributed by atoms with Gasteiger partial charge in [-0.05, 0) is 55.7 Å². The number of rotatable bonds is 5. The minimum absolute atomic E-state index is 0.180. The van der Waals surface area contributed by atoms with Crippen LogP contribution in [0.2, 0.25) is 15.1 Å². The maximum Gasteiger partial charge on any atom is 0.253 e. The number of anilines is 1. The number of hydrogen-bond donors (Lipinski definition) is 2. The van der Waals surface area contributed by atoms with Crippen molar-refractivity contribution in [3.8, 4) is 0 Å². The third-order valence-corrected chi connectivity index (χ3v) is 6.12. The monoisotopic (exact) mass is 481 g/mol. The molecule has 1 aliphatic rings. The van der Waals surface area contributed by atoms with Gasteiger partial charge in [-0.1, -0.05) is 40.9 Å². The van der Waals surface area contributed by atoms with Crippen LogP contribution in [0.25, 0.3) is 0 Å². The molecular formula is C22H22Cl3N3O3. The summed E-state index contributed by atoms with van der Waals surface area (Å²) in [6, 6.07) is 10.0. The van der Waals surface area contributed by atoms with Crippen molar-refractivity contribution >= 4 is 58.2 Å². The summed E-state index contributed by atoms with van der Waals surface area (Å²) in [5.74, 6) is -1.24. The van der Waals surface area contributed by atoms with Crippen molar-refractivity contribution in [1.82, 2.24) is 10.2 Å². The Morgan fingerprint density at radius 1 is 1.03 bits per heavy atom. The van der Waals surface area contributed by atoms with E-state index in [1.807, 2.05) is 13.0 Å². The number of amides is 3. The molecule has 2 aromatic rings. The van der Waals surface area contributed by atoms with Gasteiger partial charge in [0.25, 0.3) is 5.91 Å². The van der Waals surface area contributed by atoms with Crippen LogP contribution in [0.1, 0.15) is 28.8 Å². The van der Waals surface area contributed by atoms with E-state index < -0.39 is 5.92 Å². The first kappa shape index (κ1) is 23.4. The topological polar surface area (TPSA) is 78.5 Å². The Kier molecular flexibility index (Phi) is 7.81. The third kappa shape index (κ3) is 6.12. The predicted molar refractivity (Wildman–Crippen MR) is 123 cm³/mol. The molecule has 0 bridgehead atoms. The van der Waals surface area contributed by atoms with Gasteiger partial charge >= 0.3 is 0 Å². The number of carbonyl (C=O) groups excluding carboxylic acids is 3. The van der Waals surface area contributed by atoms with E-state index >= 15 is 0 Å². The number of benzene rings is 2. The highest BCUT2D eigenvalue weighted by molar-refractivity contribution is 6.42. The highest BCUT2D eigenvalue weighted by Gasteiger charge is 2.29. The lowest BCUT2D eigenvalue weighted by Gasteiger charge is -2.32. The highest BCUT2D eigenvalue weighted by atomic mass is 35.5. The number of nitrogens with zero attached hydrogens (tertiary/aromatic N) is 1. The van der Waals surface area contributed by atoms with Crippen molar-refractivity contribution < 1.29 is 14.4 Å². The Labute approximate surface area is 195 Å². The molecule has 1 aliphatic heterocycles. The number of likely N-dealkylation sites (tertiary alicyclic amines) is 1. The first-order valence-electron chi connectivity index (χ1n) is 9.82. The minimum Gasteiger partial charge on any atom is -0.347 e. The van der Waals surface area contributed by atoms with Gasteiger partial charge in [-0.3, -0.25) is 14.4 Å². The molecule has 0 aromatic heterocycles. The average molecular weight is 483 g/mol. The molecule has 0 saturated carbocycles. The first-order chi connectivity index (χ1) is 14.7. The van der Waals surface area contributed by atoms with Gasteiger partial charge < -0.3 is 15.5 Å². The zero-order chi connectivity index (χ0) is 22.5. The quantitative estimate of drug-likeness (QED) is 0.656. The van der Waals surface area contributed by atoms with Crippen LogP contribution in [-0.2, 0) is 9.59 Å². The van der Waals surface area contributed by atoms with Gasteiger partial charge in [-0.25, -0.2) is 0 Å². The lowest BCUT2D eigenvalue weighted by molar-refractivity contribution is -0.128. The molecule has 164 valence electrons. The van der Waals surface area contributed by atoms with Crippen LogP contribution in [0, 0.1) is 12.8 Å². The van der Waals surface area contributed by atoms with Gasteiger partial charge in [0.1, 0.15) is 0 Å². The van der Waals surface area contributed by atoms with Crippen LogP contribution in [0.15, 0.2) is 36.4 Å². The number of aryl methyl sites for hydroxylation is 1. The summed E-state index contributed by atoms with van der Waals surface area (Å²) in [4.78, 5) is 39.2. The molecular weight excluding hydrogens is 461 g/mol. The SMILES string of the molecule is Cc1ccc(NC(=O)CNC(=O)C2CCCN(C(=O)c3ccc(Cl)c(Cl)c3)C2)c(Cl)c1. The normalized spacial score (nSPS) is 16.0. The smallest absolute Gasteiger partial charge is 0.253 e. The Hall–Kier alpha value is -2.28. The standard InChI is InChI=1S/C22H22Cl3N3O3/c1-13-4-7-19(18(25)9-13)27-20(29)11-26-21(30)15-3-2-8-28(12-15)22(31)14-5-6-16(23)17(24)10-14/h4-7,9-10,15H,2-3,8,11-12H2,1H3,(H,26,30)(H,27,29). The van der Waals surface area contributed by atoms with Gasteiger partial charge in [-0.15, -0.1) is 0 Å². The molecule has 0 spiro atoms. The lowest BCUT2D eigenvalue weighted by atomic mass is 9.96. The molecule has 1 saturated heterocycles. The molecule has 2 aromatic carbocycles. The molecule has 9 heteroatoms. The van der Waals surface area contributed by atoms with E-state index in [4.69, 9.17) is 34.8 Å². The third-order valence-electron chi connectivity index (χ3n) is 5.07. The van der Waals surface area contributed by atoms with Crippen LogP contribution >= 0.6 is 34.8 Å². The summed E-state index contributed by atoms with van der Waals surface area (Å²) >= 11 is 18.0. The van der Waals surface area contributed by atoms with E-state index in [0.29, 0.717) is 45.7 Å². The predicted octanol–water partition coefficient (Wildman–Crippen LogP) is 4.56. The summed E-state index contributed by atoms with van der Waals surface area (Å²) in [7, 11) is 0. The largest absolute Gasteiger partial charge is 0.347 e. The van der Waals surface area contributed by atoms with Crippen LogP contribution in [-0.4, -0.2) is 42.3 Å². The van der Waals surface area contributed by atoms with Gasteiger partial charge in [0.2, 0.25) is 11.8 Å². The molecule has 3 amide bonds. The van der Waals surface area contributed by atoms with Gasteiger partial charge in [-0.2, -0.15) is 0 Å². The Balaban J connectivity index is 1.53. The summed E-state index contributed by atoms with van der Waals surface area (Å²) in [5.41, 5.74) is 1.89. The van der Waals surface area contributed by atoms with E-state index in [-0.39, 0.29) is 30.8 Å². The van der Waals surface area contributed by atoms with Crippen molar-refractivity contribution in [1.29, 1.82) is 0 Å². The van der Waals surface area contributed by atoms with E-state index in [2.05, 4.69) is 10.6 Å². The molecule has 1 heterocycles. The molecule has 1 fully saturated rings. The lowest BCUT2D eigenvalue weighted by Crippen LogP contribution is -2.46. The summed E-state index contributed by atoms with van der Waals surface area (Å²) in [6.45, 7) is 2.54. The number of halogens is 3. The van der Waals surface area contributed by atoms with Crippen molar-refractivity contribution in [2.45, 2.75) is 19.8 Å². The molecule has 0 radical (unpaired) electrons. The maximum atomic E-state index is 12.8.